The standard InChI is InChI=1S/C35H54N2O8S/c1-5-8-9-10-11-12-13-14-15-16-17-18-19-20-24-44-35(40)36-31-23-21-22-28-29(31)25-27(37-46(4,41)42)26-30(28)33(34(39)43-7-3)45-32(38)6-2/h21-23,25-26,33,37H,5-20,24H2,1-4H3,(H,36,40). The highest BCUT2D eigenvalue weighted by molar-refractivity contribution is 7.92. The van der Waals surface area contributed by atoms with Gasteiger partial charge in [0.15, 0.2) is 0 Å². The van der Waals surface area contributed by atoms with Crippen LogP contribution in [0.3, 0.4) is 0 Å². The van der Waals surface area contributed by atoms with Crippen LogP contribution in [0.2, 0.25) is 0 Å². The van der Waals surface area contributed by atoms with Gasteiger partial charge < -0.3 is 14.2 Å². The molecule has 0 bridgehead atoms. The summed E-state index contributed by atoms with van der Waals surface area (Å²) in [6.07, 6.45) is 16.2. The van der Waals surface area contributed by atoms with Gasteiger partial charge in [0.1, 0.15) is 0 Å². The third-order valence-electron chi connectivity index (χ3n) is 7.62. The zero-order valence-corrected chi connectivity index (χ0v) is 29.0. The minimum absolute atomic E-state index is 0.0209. The maximum absolute atomic E-state index is 12.9. The molecule has 0 fully saturated rings. The van der Waals surface area contributed by atoms with Crippen LogP contribution in [-0.2, 0) is 33.8 Å². The minimum Gasteiger partial charge on any atom is -0.463 e. The van der Waals surface area contributed by atoms with Gasteiger partial charge in [-0.05, 0) is 36.9 Å². The summed E-state index contributed by atoms with van der Waals surface area (Å²) in [5.74, 6) is -1.43. The van der Waals surface area contributed by atoms with Crippen molar-refractivity contribution in [2.24, 2.45) is 0 Å². The Labute approximate surface area is 275 Å². The summed E-state index contributed by atoms with van der Waals surface area (Å²) < 4.78 is 42.6. The van der Waals surface area contributed by atoms with Gasteiger partial charge in [0.25, 0.3) is 0 Å². The van der Waals surface area contributed by atoms with E-state index in [2.05, 4.69) is 17.0 Å². The maximum Gasteiger partial charge on any atom is 0.411 e. The summed E-state index contributed by atoms with van der Waals surface area (Å²) in [5.41, 5.74) is 0.673. The van der Waals surface area contributed by atoms with Crippen molar-refractivity contribution in [1.82, 2.24) is 0 Å². The number of esters is 2. The van der Waals surface area contributed by atoms with E-state index < -0.39 is 34.2 Å². The molecule has 10 nitrogen and oxygen atoms in total. The monoisotopic (exact) mass is 662 g/mol. The molecule has 1 unspecified atom stereocenters. The number of carbonyl (C=O) groups is 3. The van der Waals surface area contributed by atoms with Crippen LogP contribution in [-0.4, -0.2) is 45.9 Å². The van der Waals surface area contributed by atoms with E-state index in [0.29, 0.717) is 16.5 Å². The number of amides is 1. The highest BCUT2D eigenvalue weighted by atomic mass is 32.2. The van der Waals surface area contributed by atoms with Gasteiger partial charge in [-0.3, -0.25) is 14.8 Å². The fraction of sp³-hybridized carbons (Fsp3) is 0.629. The first kappa shape index (κ1) is 38.8. The summed E-state index contributed by atoms with van der Waals surface area (Å²) >= 11 is 0. The number of nitrogens with one attached hydrogen (secondary N) is 2. The quantitative estimate of drug-likeness (QED) is 0.0684. The first-order valence-electron chi connectivity index (χ1n) is 16.9. The van der Waals surface area contributed by atoms with Crippen molar-refractivity contribution < 1.29 is 37.0 Å². The molecule has 2 N–H and O–H groups in total. The van der Waals surface area contributed by atoms with Gasteiger partial charge in [-0.15, -0.1) is 0 Å². The lowest BCUT2D eigenvalue weighted by atomic mass is 9.98. The lowest BCUT2D eigenvalue weighted by molar-refractivity contribution is -0.168. The number of benzene rings is 2. The van der Waals surface area contributed by atoms with Crippen LogP contribution in [0.5, 0.6) is 0 Å². The Hall–Kier alpha value is -3.34. The van der Waals surface area contributed by atoms with Gasteiger partial charge in [-0.1, -0.05) is 109 Å². The van der Waals surface area contributed by atoms with Crippen molar-refractivity contribution in [2.75, 3.05) is 29.5 Å². The molecule has 0 radical (unpaired) electrons. The van der Waals surface area contributed by atoms with E-state index in [-0.39, 0.29) is 30.9 Å². The second-order valence-corrected chi connectivity index (χ2v) is 13.4. The smallest absolute Gasteiger partial charge is 0.411 e. The van der Waals surface area contributed by atoms with Crippen molar-refractivity contribution in [3.05, 3.63) is 35.9 Å². The number of ether oxygens (including phenoxy) is 3. The van der Waals surface area contributed by atoms with Crippen molar-refractivity contribution in [2.45, 2.75) is 123 Å². The fourth-order valence-corrected chi connectivity index (χ4v) is 5.84. The van der Waals surface area contributed by atoms with Crippen LogP contribution in [0.4, 0.5) is 16.2 Å². The number of hydrogen-bond acceptors (Lipinski definition) is 8. The van der Waals surface area contributed by atoms with E-state index in [1.807, 2.05) is 0 Å². The zero-order valence-electron chi connectivity index (χ0n) is 28.2. The topological polar surface area (TPSA) is 137 Å². The molecule has 0 aromatic heterocycles. The van der Waals surface area contributed by atoms with Crippen molar-refractivity contribution >= 4 is 50.2 Å². The highest BCUT2D eigenvalue weighted by Gasteiger charge is 2.29. The molecule has 0 aliphatic rings. The Bertz CT molecular complexity index is 1350. The Kier molecular flexibility index (Phi) is 18.1. The molecule has 1 amide bonds. The van der Waals surface area contributed by atoms with Gasteiger partial charge in [0.05, 0.1) is 25.2 Å². The summed E-state index contributed by atoms with van der Waals surface area (Å²) in [7, 11) is -3.70. The molecule has 0 spiro atoms. The van der Waals surface area contributed by atoms with E-state index in [4.69, 9.17) is 14.2 Å². The van der Waals surface area contributed by atoms with Crippen LogP contribution < -0.4 is 10.0 Å². The van der Waals surface area contributed by atoms with Crippen molar-refractivity contribution in [3.8, 4) is 0 Å². The highest BCUT2D eigenvalue weighted by Crippen LogP contribution is 2.35. The van der Waals surface area contributed by atoms with E-state index in [0.717, 1.165) is 25.5 Å². The normalized spacial score (nSPS) is 12.0. The van der Waals surface area contributed by atoms with Gasteiger partial charge in [-0.2, -0.15) is 0 Å². The molecule has 0 heterocycles. The molecular formula is C35H54N2O8S. The number of unbranched alkanes of at least 4 members (excludes halogenated alkanes) is 13. The van der Waals surface area contributed by atoms with Gasteiger partial charge in [0.2, 0.25) is 16.1 Å². The SMILES string of the molecule is CCCCCCCCCCCCCCCCOC(=O)Nc1cccc2c(C(OC(=O)CC)C(=O)OCC)cc(NS(C)(=O)=O)cc12. The Morgan fingerprint density at radius 3 is 1.89 bits per heavy atom. The Balaban J connectivity index is 1.98. The number of anilines is 2. The van der Waals surface area contributed by atoms with E-state index >= 15 is 0 Å². The van der Waals surface area contributed by atoms with Crippen LogP contribution >= 0.6 is 0 Å². The van der Waals surface area contributed by atoms with Crippen molar-refractivity contribution in [1.29, 1.82) is 0 Å². The second-order valence-electron chi connectivity index (χ2n) is 11.7. The molecule has 1 atom stereocenters. The third-order valence-corrected chi connectivity index (χ3v) is 8.23. The average Bonchev–Trinajstić information content (AvgIpc) is 3.01. The molecule has 46 heavy (non-hydrogen) atoms. The molecule has 0 saturated carbocycles. The van der Waals surface area contributed by atoms with Gasteiger partial charge in [0, 0.05) is 23.1 Å². The summed E-state index contributed by atoms with van der Waals surface area (Å²) in [6.45, 7) is 5.80. The van der Waals surface area contributed by atoms with E-state index in [1.165, 1.54) is 82.8 Å². The van der Waals surface area contributed by atoms with E-state index in [9.17, 15) is 22.8 Å². The minimum atomic E-state index is -3.70. The molecule has 0 saturated heterocycles. The summed E-state index contributed by atoms with van der Waals surface area (Å²) in [5, 5.41) is 3.62. The Morgan fingerprint density at radius 1 is 0.761 bits per heavy atom. The predicted octanol–water partition coefficient (Wildman–Crippen LogP) is 8.80. The second kappa shape index (κ2) is 21.5. The molecule has 11 heteroatoms. The zero-order chi connectivity index (χ0) is 33.8. The lowest BCUT2D eigenvalue weighted by Gasteiger charge is -2.20. The lowest BCUT2D eigenvalue weighted by Crippen LogP contribution is -2.22. The summed E-state index contributed by atoms with van der Waals surface area (Å²) in [4.78, 5) is 37.8. The van der Waals surface area contributed by atoms with Crippen LogP contribution in [0, 0.1) is 0 Å². The maximum atomic E-state index is 12.9. The number of hydrogen-bond donors (Lipinski definition) is 2. The van der Waals surface area contributed by atoms with E-state index in [1.54, 1.807) is 32.0 Å². The first-order valence-corrected chi connectivity index (χ1v) is 18.8. The number of sulfonamides is 1. The molecule has 2 aromatic rings. The molecular weight excluding hydrogens is 608 g/mol. The molecule has 2 aromatic carbocycles. The van der Waals surface area contributed by atoms with Crippen molar-refractivity contribution in [3.63, 3.8) is 0 Å². The molecule has 0 aliphatic heterocycles. The number of rotatable bonds is 23. The third kappa shape index (κ3) is 14.8. The average molecular weight is 663 g/mol. The summed E-state index contributed by atoms with van der Waals surface area (Å²) in [6, 6.07) is 7.95. The fourth-order valence-electron chi connectivity index (χ4n) is 5.29. The van der Waals surface area contributed by atoms with Gasteiger partial charge in [-0.25, -0.2) is 18.0 Å². The predicted molar refractivity (Wildman–Crippen MR) is 183 cm³/mol. The Morgan fingerprint density at radius 2 is 1.35 bits per heavy atom. The molecule has 0 aliphatic carbocycles. The largest absolute Gasteiger partial charge is 0.463 e. The van der Waals surface area contributed by atoms with Crippen LogP contribution in [0.1, 0.15) is 129 Å². The number of fused-ring (bicyclic) bond motifs is 1. The number of carbonyl (C=O) groups excluding carboxylic acids is 3. The molecule has 258 valence electrons. The van der Waals surface area contributed by atoms with Crippen LogP contribution in [0.25, 0.3) is 10.8 Å². The first-order chi connectivity index (χ1) is 22.1. The van der Waals surface area contributed by atoms with Gasteiger partial charge >= 0.3 is 18.0 Å². The van der Waals surface area contributed by atoms with Crippen LogP contribution in [0.15, 0.2) is 30.3 Å². The molecule has 2 rings (SSSR count).